The maximum atomic E-state index is 12.3. The molecule has 6 heteroatoms. The van der Waals surface area contributed by atoms with E-state index in [2.05, 4.69) is 0 Å². The topological polar surface area (TPSA) is 63.7 Å². The third kappa shape index (κ3) is 4.46. The van der Waals surface area contributed by atoms with Crippen LogP contribution < -0.4 is 4.18 Å². The van der Waals surface area contributed by atoms with Crippen molar-refractivity contribution in [2.45, 2.75) is 39.3 Å². The fourth-order valence-electron chi connectivity index (χ4n) is 2.17. The second-order valence-electron chi connectivity index (χ2n) is 5.75. The lowest BCUT2D eigenvalue weighted by molar-refractivity contribution is -0.135. The molecule has 1 amide bonds. The molecule has 1 aromatic carbocycles. The molecule has 0 aliphatic heterocycles. The van der Waals surface area contributed by atoms with Crippen molar-refractivity contribution in [1.29, 1.82) is 0 Å². The van der Waals surface area contributed by atoms with Crippen molar-refractivity contribution in [2.75, 3.05) is 6.26 Å². The zero-order valence-corrected chi connectivity index (χ0v) is 13.4. The minimum atomic E-state index is -3.58. The first kappa shape index (κ1) is 15.8. The number of carbonyl (C=O) groups excluding carboxylic acids is 1. The number of hydrogen-bond donors (Lipinski definition) is 0. The Hall–Kier alpha value is -1.56. The van der Waals surface area contributed by atoms with Crippen LogP contribution >= 0.6 is 0 Å². The van der Waals surface area contributed by atoms with Gasteiger partial charge in [-0.3, -0.25) is 4.79 Å². The van der Waals surface area contributed by atoms with E-state index in [9.17, 15) is 13.2 Å². The standard InChI is InChI=1S/C15H21NO4S/c1-11(2)15(17)16(13-8-9-13)10-12-6-4-5-7-14(12)20-21(3,18)19/h4-7,11,13H,8-10H2,1-3H3. The van der Waals surface area contributed by atoms with Crippen LogP contribution in [0.25, 0.3) is 0 Å². The number of rotatable bonds is 6. The third-order valence-corrected chi connectivity index (χ3v) is 3.80. The molecule has 1 aliphatic rings. The van der Waals surface area contributed by atoms with Crippen LogP contribution in [-0.4, -0.2) is 31.5 Å². The molecular formula is C15H21NO4S. The monoisotopic (exact) mass is 311 g/mol. The molecule has 5 nitrogen and oxygen atoms in total. The van der Waals surface area contributed by atoms with Crippen molar-refractivity contribution in [3.63, 3.8) is 0 Å². The molecule has 0 aromatic heterocycles. The smallest absolute Gasteiger partial charge is 0.306 e. The Bertz CT molecular complexity index is 620. The lowest BCUT2D eigenvalue weighted by Crippen LogP contribution is -2.35. The fraction of sp³-hybridized carbons (Fsp3) is 0.533. The quantitative estimate of drug-likeness (QED) is 0.755. The van der Waals surface area contributed by atoms with E-state index in [0.717, 1.165) is 19.1 Å². The SMILES string of the molecule is CC(C)C(=O)N(Cc1ccccc1OS(C)(=O)=O)C1CC1. The van der Waals surface area contributed by atoms with Crippen LogP contribution in [0.3, 0.4) is 0 Å². The molecule has 0 heterocycles. The van der Waals surface area contributed by atoms with E-state index in [1.807, 2.05) is 24.8 Å². The van der Waals surface area contributed by atoms with Crippen LogP contribution in [0.4, 0.5) is 0 Å². The Balaban J connectivity index is 2.23. The average molecular weight is 311 g/mol. The van der Waals surface area contributed by atoms with Gasteiger partial charge in [0.1, 0.15) is 5.75 Å². The van der Waals surface area contributed by atoms with Gasteiger partial charge in [0.05, 0.1) is 6.26 Å². The summed E-state index contributed by atoms with van der Waals surface area (Å²) in [5, 5.41) is 0. The molecule has 1 aliphatic carbocycles. The summed E-state index contributed by atoms with van der Waals surface area (Å²) >= 11 is 0. The van der Waals surface area contributed by atoms with Gasteiger partial charge in [0.2, 0.25) is 5.91 Å². The molecule has 116 valence electrons. The summed E-state index contributed by atoms with van der Waals surface area (Å²) in [6.45, 7) is 4.13. The third-order valence-electron chi connectivity index (χ3n) is 3.32. The van der Waals surface area contributed by atoms with E-state index >= 15 is 0 Å². The van der Waals surface area contributed by atoms with Gasteiger partial charge in [-0.1, -0.05) is 32.0 Å². The van der Waals surface area contributed by atoms with Crippen LogP contribution in [0.15, 0.2) is 24.3 Å². The summed E-state index contributed by atoms with van der Waals surface area (Å²) in [7, 11) is -3.58. The molecule has 1 fully saturated rings. The second kappa shape index (κ2) is 6.05. The molecular weight excluding hydrogens is 290 g/mol. The number of nitrogens with zero attached hydrogens (tertiary/aromatic N) is 1. The highest BCUT2D eigenvalue weighted by atomic mass is 32.2. The largest absolute Gasteiger partial charge is 0.382 e. The molecule has 21 heavy (non-hydrogen) atoms. The van der Waals surface area contributed by atoms with E-state index in [0.29, 0.717) is 17.9 Å². The maximum absolute atomic E-state index is 12.3. The molecule has 0 atom stereocenters. The minimum Gasteiger partial charge on any atom is -0.382 e. The van der Waals surface area contributed by atoms with Gasteiger partial charge < -0.3 is 9.08 Å². The summed E-state index contributed by atoms with van der Waals surface area (Å²) in [5.41, 5.74) is 0.712. The molecule has 0 radical (unpaired) electrons. The van der Waals surface area contributed by atoms with E-state index in [1.165, 1.54) is 0 Å². The summed E-state index contributed by atoms with van der Waals surface area (Å²) in [5.74, 6) is 0.308. The van der Waals surface area contributed by atoms with Crippen molar-refractivity contribution >= 4 is 16.0 Å². The van der Waals surface area contributed by atoms with Gasteiger partial charge >= 0.3 is 10.1 Å². The van der Waals surface area contributed by atoms with Gasteiger partial charge in [-0.2, -0.15) is 8.42 Å². The van der Waals surface area contributed by atoms with Crippen LogP contribution in [0.5, 0.6) is 5.75 Å². The number of benzene rings is 1. The highest BCUT2D eigenvalue weighted by Crippen LogP contribution is 2.31. The maximum Gasteiger partial charge on any atom is 0.306 e. The Labute approximate surface area is 126 Å². The number of carbonyl (C=O) groups is 1. The molecule has 2 rings (SSSR count). The van der Waals surface area contributed by atoms with Crippen molar-refractivity contribution < 1.29 is 17.4 Å². The predicted octanol–water partition coefficient (Wildman–Crippen LogP) is 2.17. The van der Waals surface area contributed by atoms with Crippen LogP contribution in [0.2, 0.25) is 0 Å². The van der Waals surface area contributed by atoms with Crippen molar-refractivity contribution in [3.05, 3.63) is 29.8 Å². The summed E-state index contributed by atoms with van der Waals surface area (Å²) in [6, 6.07) is 7.21. The van der Waals surface area contributed by atoms with Gasteiger partial charge in [0.15, 0.2) is 0 Å². The number of para-hydroxylation sites is 1. The van der Waals surface area contributed by atoms with Crippen molar-refractivity contribution in [3.8, 4) is 5.75 Å². The highest BCUT2D eigenvalue weighted by molar-refractivity contribution is 7.86. The van der Waals surface area contributed by atoms with E-state index in [1.54, 1.807) is 18.2 Å². The van der Waals surface area contributed by atoms with Gasteiger partial charge in [0, 0.05) is 24.1 Å². The first-order valence-electron chi connectivity index (χ1n) is 7.06. The Morgan fingerprint density at radius 2 is 1.95 bits per heavy atom. The first-order valence-corrected chi connectivity index (χ1v) is 8.87. The minimum absolute atomic E-state index is 0.0754. The summed E-state index contributed by atoms with van der Waals surface area (Å²) in [4.78, 5) is 14.1. The first-order chi connectivity index (χ1) is 9.78. The highest BCUT2D eigenvalue weighted by Gasteiger charge is 2.34. The molecule has 0 saturated heterocycles. The molecule has 1 saturated carbocycles. The normalized spacial score (nSPS) is 15.0. The Kier molecular flexibility index (Phi) is 4.56. The Morgan fingerprint density at radius 3 is 2.48 bits per heavy atom. The van der Waals surface area contributed by atoms with Crippen molar-refractivity contribution in [2.24, 2.45) is 5.92 Å². The van der Waals surface area contributed by atoms with E-state index < -0.39 is 10.1 Å². The zero-order valence-electron chi connectivity index (χ0n) is 12.6. The van der Waals surface area contributed by atoms with Crippen LogP contribution in [-0.2, 0) is 21.5 Å². The zero-order chi connectivity index (χ0) is 15.6. The molecule has 0 bridgehead atoms. The molecule has 0 N–H and O–H groups in total. The number of hydrogen-bond acceptors (Lipinski definition) is 4. The van der Waals surface area contributed by atoms with Gasteiger partial charge in [-0.05, 0) is 18.9 Å². The average Bonchev–Trinajstić information content (AvgIpc) is 3.19. The molecule has 1 aromatic rings. The van der Waals surface area contributed by atoms with Crippen molar-refractivity contribution in [1.82, 2.24) is 4.90 Å². The van der Waals surface area contributed by atoms with Crippen LogP contribution in [0, 0.1) is 5.92 Å². The second-order valence-corrected chi connectivity index (χ2v) is 7.32. The Morgan fingerprint density at radius 1 is 1.33 bits per heavy atom. The van der Waals surface area contributed by atoms with E-state index in [-0.39, 0.29) is 17.9 Å². The summed E-state index contributed by atoms with van der Waals surface area (Å²) < 4.78 is 27.7. The van der Waals surface area contributed by atoms with Crippen LogP contribution in [0.1, 0.15) is 32.3 Å². The lowest BCUT2D eigenvalue weighted by atomic mass is 10.1. The number of amides is 1. The predicted molar refractivity (Wildman–Crippen MR) is 80.3 cm³/mol. The van der Waals surface area contributed by atoms with Gasteiger partial charge in [-0.25, -0.2) is 0 Å². The van der Waals surface area contributed by atoms with E-state index in [4.69, 9.17) is 4.18 Å². The molecule has 0 spiro atoms. The summed E-state index contributed by atoms with van der Waals surface area (Å²) in [6.07, 6.45) is 3.03. The van der Waals surface area contributed by atoms with Gasteiger partial charge in [0.25, 0.3) is 0 Å². The van der Waals surface area contributed by atoms with Gasteiger partial charge in [-0.15, -0.1) is 0 Å². The molecule has 0 unspecified atom stereocenters. The lowest BCUT2D eigenvalue weighted by Gasteiger charge is -2.25. The fourth-order valence-corrected chi connectivity index (χ4v) is 2.66.